The maximum absolute atomic E-state index is 14.0. The second-order valence-electron chi connectivity index (χ2n) is 4.48. The van der Waals surface area contributed by atoms with Crippen LogP contribution in [-0.4, -0.2) is 9.78 Å². The highest BCUT2D eigenvalue weighted by Gasteiger charge is 2.18. The molecule has 0 aliphatic rings. The summed E-state index contributed by atoms with van der Waals surface area (Å²) >= 11 is 5.98. The van der Waals surface area contributed by atoms with Crippen molar-refractivity contribution in [2.75, 3.05) is 5.73 Å². The van der Waals surface area contributed by atoms with Crippen LogP contribution in [0.25, 0.3) is 16.9 Å². The van der Waals surface area contributed by atoms with E-state index in [1.807, 2.05) is 18.2 Å². The Kier molecular flexibility index (Phi) is 3.27. The Balaban J connectivity index is 2.26. The number of aromatic amines is 1. The van der Waals surface area contributed by atoms with Crippen LogP contribution in [0.2, 0.25) is 5.02 Å². The van der Waals surface area contributed by atoms with Crippen LogP contribution >= 0.6 is 11.6 Å². The first-order valence-corrected chi connectivity index (χ1v) is 6.57. The van der Waals surface area contributed by atoms with Gasteiger partial charge in [-0.1, -0.05) is 48.0 Å². The number of rotatable bonds is 2. The number of aromatic nitrogens is 2. The van der Waals surface area contributed by atoms with Gasteiger partial charge in [0.2, 0.25) is 0 Å². The molecule has 0 atom stereocenters. The van der Waals surface area contributed by atoms with Crippen LogP contribution in [-0.2, 0) is 0 Å². The maximum Gasteiger partial charge on any atom is 0.295 e. The number of nitrogen functional groups attached to an aromatic ring is 1. The molecule has 0 unspecified atom stereocenters. The average Bonchev–Trinajstić information content (AvgIpc) is 2.77. The molecule has 0 aliphatic carbocycles. The quantitative estimate of drug-likeness (QED) is 0.763. The lowest BCUT2D eigenvalue weighted by Crippen LogP contribution is -2.18. The van der Waals surface area contributed by atoms with Crippen LogP contribution in [0.15, 0.2) is 53.3 Å². The van der Waals surface area contributed by atoms with E-state index in [-0.39, 0.29) is 16.4 Å². The average molecular weight is 304 g/mol. The molecule has 3 aromatic rings. The number of halogens is 2. The summed E-state index contributed by atoms with van der Waals surface area (Å²) in [6, 6.07) is 13.3. The highest BCUT2D eigenvalue weighted by Crippen LogP contribution is 2.26. The lowest BCUT2D eigenvalue weighted by atomic mass is 10.1. The predicted octanol–water partition coefficient (Wildman–Crippen LogP) is 3.21. The van der Waals surface area contributed by atoms with Gasteiger partial charge in [-0.15, -0.1) is 0 Å². The largest absolute Gasteiger partial charge is 0.392 e. The molecule has 1 aromatic heterocycles. The molecule has 3 rings (SSSR count). The Hall–Kier alpha value is -2.53. The smallest absolute Gasteiger partial charge is 0.295 e. The van der Waals surface area contributed by atoms with Crippen LogP contribution in [0.1, 0.15) is 0 Å². The minimum atomic E-state index is -0.606. The first kappa shape index (κ1) is 13.5. The SMILES string of the molecule is Nc1c(-c2ccccc2)[nH]n(-c2c(F)cccc2Cl)c1=O. The van der Waals surface area contributed by atoms with Gasteiger partial charge in [0, 0.05) is 5.56 Å². The van der Waals surface area contributed by atoms with Crippen LogP contribution in [0.5, 0.6) is 0 Å². The van der Waals surface area contributed by atoms with Gasteiger partial charge in [0.25, 0.3) is 5.56 Å². The van der Waals surface area contributed by atoms with E-state index >= 15 is 0 Å². The third-order valence-corrected chi connectivity index (χ3v) is 3.46. The van der Waals surface area contributed by atoms with Crippen LogP contribution in [0, 0.1) is 5.82 Å². The highest BCUT2D eigenvalue weighted by atomic mass is 35.5. The molecule has 6 heteroatoms. The minimum absolute atomic E-state index is 0.0144. The Labute approximate surface area is 124 Å². The number of benzene rings is 2. The Morgan fingerprint density at radius 1 is 1.10 bits per heavy atom. The standard InChI is InChI=1S/C15H11ClFN3O/c16-10-7-4-8-11(17)14(10)20-15(21)12(18)13(19-20)9-5-2-1-3-6-9/h1-8,19H,18H2. The van der Waals surface area contributed by atoms with Crippen LogP contribution in [0.4, 0.5) is 10.1 Å². The highest BCUT2D eigenvalue weighted by molar-refractivity contribution is 6.32. The molecule has 0 spiro atoms. The van der Waals surface area contributed by atoms with Gasteiger partial charge in [0.1, 0.15) is 17.2 Å². The van der Waals surface area contributed by atoms with Crippen LogP contribution in [0.3, 0.4) is 0 Å². The lowest BCUT2D eigenvalue weighted by molar-refractivity contribution is 0.609. The van der Waals surface area contributed by atoms with E-state index in [1.54, 1.807) is 12.1 Å². The molecule has 0 fully saturated rings. The van der Waals surface area contributed by atoms with Crippen molar-refractivity contribution in [1.82, 2.24) is 9.78 Å². The zero-order chi connectivity index (χ0) is 15.0. The summed E-state index contributed by atoms with van der Waals surface area (Å²) in [5, 5.41) is 2.94. The molecule has 2 aromatic carbocycles. The minimum Gasteiger partial charge on any atom is -0.392 e. The first-order valence-electron chi connectivity index (χ1n) is 6.20. The molecule has 3 N–H and O–H groups in total. The molecule has 0 radical (unpaired) electrons. The molecular weight excluding hydrogens is 293 g/mol. The van der Waals surface area contributed by atoms with Crippen LogP contribution < -0.4 is 11.3 Å². The Bertz CT molecular complexity index is 835. The van der Waals surface area contributed by atoms with Crippen molar-refractivity contribution in [3.63, 3.8) is 0 Å². The van der Waals surface area contributed by atoms with E-state index in [0.717, 1.165) is 10.2 Å². The van der Waals surface area contributed by atoms with Crippen molar-refractivity contribution in [2.24, 2.45) is 0 Å². The van der Waals surface area contributed by atoms with E-state index in [0.29, 0.717) is 5.69 Å². The van der Waals surface area contributed by atoms with Gasteiger partial charge >= 0.3 is 0 Å². The molecule has 1 heterocycles. The number of para-hydroxylation sites is 1. The number of nitrogens with two attached hydrogens (primary N) is 1. The summed E-state index contributed by atoms with van der Waals surface area (Å²) in [4.78, 5) is 12.2. The Morgan fingerprint density at radius 3 is 2.48 bits per heavy atom. The number of nitrogens with one attached hydrogen (secondary N) is 1. The maximum atomic E-state index is 14.0. The van der Waals surface area contributed by atoms with Gasteiger partial charge in [0.15, 0.2) is 0 Å². The fourth-order valence-electron chi connectivity index (χ4n) is 2.14. The van der Waals surface area contributed by atoms with Crippen molar-refractivity contribution in [1.29, 1.82) is 0 Å². The molecule has 106 valence electrons. The predicted molar refractivity (Wildman–Crippen MR) is 81.2 cm³/mol. The van der Waals surface area contributed by atoms with Crippen molar-refractivity contribution < 1.29 is 4.39 Å². The van der Waals surface area contributed by atoms with Crippen molar-refractivity contribution in [2.45, 2.75) is 0 Å². The molecule has 0 saturated heterocycles. The summed E-state index contributed by atoms with van der Waals surface area (Å²) in [7, 11) is 0. The molecule has 0 saturated carbocycles. The van der Waals surface area contributed by atoms with Gasteiger partial charge in [-0.25, -0.2) is 9.07 Å². The summed E-state index contributed by atoms with van der Waals surface area (Å²) in [6.07, 6.45) is 0. The van der Waals surface area contributed by atoms with Gasteiger partial charge in [-0.2, -0.15) is 0 Å². The topological polar surface area (TPSA) is 63.8 Å². The van der Waals surface area contributed by atoms with Gasteiger partial charge in [0.05, 0.1) is 10.7 Å². The zero-order valence-corrected chi connectivity index (χ0v) is 11.6. The second kappa shape index (κ2) is 5.10. The van der Waals surface area contributed by atoms with Gasteiger partial charge in [-0.05, 0) is 12.1 Å². The molecule has 0 amide bonds. The molecule has 0 aliphatic heterocycles. The fraction of sp³-hybridized carbons (Fsp3) is 0. The second-order valence-corrected chi connectivity index (χ2v) is 4.88. The summed E-state index contributed by atoms with van der Waals surface area (Å²) in [6.45, 7) is 0. The monoisotopic (exact) mass is 303 g/mol. The third kappa shape index (κ3) is 2.21. The fourth-order valence-corrected chi connectivity index (χ4v) is 2.38. The third-order valence-electron chi connectivity index (χ3n) is 3.15. The van der Waals surface area contributed by atoms with E-state index in [1.165, 1.54) is 18.2 Å². The normalized spacial score (nSPS) is 10.8. The number of hydrogen-bond acceptors (Lipinski definition) is 2. The number of anilines is 1. The molecule has 4 nitrogen and oxygen atoms in total. The first-order chi connectivity index (χ1) is 10.1. The summed E-state index contributed by atoms with van der Waals surface area (Å²) in [5.41, 5.74) is 6.44. The van der Waals surface area contributed by atoms with Crippen molar-refractivity contribution >= 4 is 17.3 Å². The summed E-state index contributed by atoms with van der Waals surface area (Å²) in [5.74, 6) is -0.606. The van der Waals surface area contributed by atoms with E-state index < -0.39 is 11.4 Å². The summed E-state index contributed by atoms with van der Waals surface area (Å²) < 4.78 is 15.0. The molecule has 21 heavy (non-hydrogen) atoms. The van der Waals surface area contributed by atoms with E-state index in [4.69, 9.17) is 17.3 Å². The Morgan fingerprint density at radius 2 is 1.81 bits per heavy atom. The zero-order valence-electron chi connectivity index (χ0n) is 10.8. The number of H-pyrrole nitrogens is 1. The molecular formula is C15H11ClFN3O. The van der Waals surface area contributed by atoms with E-state index in [2.05, 4.69) is 5.10 Å². The van der Waals surface area contributed by atoms with Crippen molar-refractivity contribution in [3.8, 4) is 16.9 Å². The number of nitrogens with zero attached hydrogens (tertiary/aromatic N) is 1. The van der Waals surface area contributed by atoms with Gasteiger partial charge in [-0.3, -0.25) is 9.89 Å². The number of hydrogen-bond donors (Lipinski definition) is 2. The van der Waals surface area contributed by atoms with Crippen molar-refractivity contribution in [3.05, 3.63) is 69.7 Å². The van der Waals surface area contributed by atoms with Gasteiger partial charge < -0.3 is 5.73 Å². The lowest BCUT2D eigenvalue weighted by Gasteiger charge is -2.05. The molecule has 0 bridgehead atoms. The van der Waals surface area contributed by atoms with E-state index in [9.17, 15) is 9.18 Å².